The second-order valence-electron chi connectivity index (χ2n) is 4.70. The number of aryl methyl sites for hydroxylation is 2. The van der Waals surface area contributed by atoms with E-state index >= 15 is 0 Å². The number of nitrogens with zero attached hydrogens (tertiary/aromatic N) is 2. The van der Waals surface area contributed by atoms with Crippen molar-refractivity contribution < 1.29 is 4.79 Å². The summed E-state index contributed by atoms with van der Waals surface area (Å²) in [5.41, 5.74) is 1.50. The second kappa shape index (κ2) is 6.75. The van der Waals surface area contributed by atoms with E-state index in [2.05, 4.69) is 15.7 Å². The summed E-state index contributed by atoms with van der Waals surface area (Å²) in [5, 5.41) is 10.4. The Kier molecular flexibility index (Phi) is 5.62. The number of hydrogen-bond acceptors (Lipinski definition) is 3. The third-order valence-corrected chi connectivity index (χ3v) is 3.24. The third-order valence-electron chi connectivity index (χ3n) is 3.24. The van der Waals surface area contributed by atoms with Gasteiger partial charge in [-0.1, -0.05) is 0 Å². The first kappa shape index (κ1) is 15.0. The van der Waals surface area contributed by atoms with Crippen molar-refractivity contribution in [3.63, 3.8) is 0 Å². The predicted octanol–water partition coefficient (Wildman–Crippen LogP) is 0.880. The zero-order valence-electron chi connectivity index (χ0n) is 10.9. The molecule has 1 fully saturated rings. The van der Waals surface area contributed by atoms with Gasteiger partial charge >= 0.3 is 0 Å². The van der Waals surface area contributed by atoms with Crippen molar-refractivity contribution in [2.75, 3.05) is 19.6 Å². The molecule has 2 rings (SSSR count). The molecule has 0 radical (unpaired) electrons. The molecule has 1 atom stereocenters. The first-order valence-corrected chi connectivity index (χ1v) is 6.16. The second-order valence-corrected chi connectivity index (χ2v) is 4.70. The van der Waals surface area contributed by atoms with E-state index in [0.717, 1.165) is 31.7 Å². The van der Waals surface area contributed by atoms with E-state index in [9.17, 15) is 4.79 Å². The Morgan fingerprint density at radius 2 is 2.44 bits per heavy atom. The Morgan fingerprint density at radius 1 is 1.67 bits per heavy atom. The molecule has 1 saturated heterocycles. The average molecular weight is 273 g/mol. The van der Waals surface area contributed by atoms with Gasteiger partial charge in [0.25, 0.3) is 5.91 Å². The topological polar surface area (TPSA) is 59.0 Å². The lowest BCUT2D eigenvalue weighted by atomic mass is 10.1. The molecule has 0 spiro atoms. The van der Waals surface area contributed by atoms with Crippen LogP contribution in [0, 0.1) is 12.8 Å². The molecular weight excluding hydrogens is 252 g/mol. The van der Waals surface area contributed by atoms with Crippen molar-refractivity contribution in [3.05, 3.63) is 17.5 Å². The fraction of sp³-hybridized carbons (Fsp3) is 0.667. The monoisotopic (exact) mass is 272 g/mol. The number of aromatic nitrogens is 2. The number of carbonyl (C=O) groups is 1. The highest BCUT2D eigenvalue weighted by molar-refractivity contribution is 5.92. The lowest BCUT2D eigenvalue weighted by Gasteiger charge is -2.09. The largest absolute Gasteiger partial charge is 0.351 e. The highest BCUT2D eigenvalue weighted by Crippen LogP contribution is 2.11. The maximum Gasteiger partial charge on any atom is 0.269 e. The lowest BCUT2D eigenvalue weighted by Crippen LogP contribution is -2.28. The molecule has 2 N–H and O–H groups in total. The summed E-state index contributed by atoms with van der Waals surface area (Å²) in [7, 11) is 1.79. The van der Waals surface area contributed by atoms with Crippen molar-refractivity contribution in [2.24, 2.45) is 13.0 Å². The van der Waals surface area contributed by atoms with Gasteiger partial charge in [0.2, 0.25) is 0 Å². The van der Waals surface area contributed by atoms with Crippen LogP contribution in [0.25, 0.3) is 0 Å². The molecule has 1 aliphatic heterocycles. The first-order valence-electron chi connectivity index (χ1n) is 6.16. The fourth-order valence-corrected chi connectivity index (χ4v) is 2.26. The molecule has 5 nitrogen and oxygen atoms in total. The van der Waals surface area contributed by atoms with Gasteiger partial charge in [-0.25, -0.2) is 0 Å². The molecular formula is C12H21ClN4O. The highest BCUT2D eigenvalue weighted by Gasteiger charge is 2.15. The molecule has 1 unspecified atom stereocenters. The zero-order valence-corrected chi connectivity index (χ0v) is 11.7. The fourth-order valence-electron chi connectivity index (χ4n) is 2.26. The van der Waals surface area contributed by atoms with Crippen LogP contribution in [0.3, 0.4) is 0 Å². The molecule has 6 heteroatoms. The maximum atomic E-state index is 11.9. The molecule has 0 bridgehead atoms. The Bertz CT molecular complexity index is 399. The summed E-state index contributed by atoms with van der Waals surface area (Å²) in [5.74, 6) is 0.683. The lowest BCUT2D eigenvalue weighted by molar-refractivity contribution is 0.0942. The van der Waals surface area contributed by atoms with Gasteiger partial charge < -0.3 is 10.6 Å². The number of carbonyl (C=O) groups excluding carboxylic acids is 1. The van der Waals surface area contributed by atoms with Gasteiger partial charge in [-0.05, 0) is 44.8 Å². The van der Waals surface area contributed by atoms with E-state index < -0.39 is 0 Å². The van der Waals surface area contributed by atoms with E-state index in [1.165, 1.54) is 6.42 Å². The number of halogens is 1. The zero-order chi connectivity index (χ0) is 12.3. The van der Waals surface area contributed by atoms with Crippen molar-refractivity contribution in [2.45, 2.75) is 19.8 Å². The number of rotatable bonds is 4. The third kappa shape index (κ3) is 3.71. The van der Waals surface area contributed by atoms with Crippen LogP contribution < -0.4 is 10.6 Å². The van der Waals surface area contributed by atoms with E-state index in [1.54, 1.807) is 11.7 Å². The van der Waals surface area contributed by atoms with Crippen LogP contribution in [0.5, 0.6) is 0 Å². The van der Waals surface area contributed by atoms with Crippen molar-refractivity contribution in [1.82, 2.24) is 20.4 Å². The Balaban J connectivity index is 0.00000162. The van der Waals surface area contributed by atoms with Crippen LogP contribution in [0.1, 0.15) is 29.0 Å². The quantitative estimate of drug-likeness (QED) is 0.856. The molecule has 1 aromatic heterocycles. The normalized spacial score (nSPS) is 18.4. The minimum atomic E-state index is -0.0287. The van der Waals surface area contributed by atoms with Gasteiger partial charge in [-0.2, -0.15) is 5.10 Å². The highest BCUT2D eigenvalue weighted by atomic mass is 35.5. The van der Waals surface area contributed by atoms with Gasteiger partial charge in [0, 0.05) is 13.6 Å². The molecule has 1 amide bonds. The van der Waals surface area contributed by atoms with E-state index in [1.807, 2.05) is 13.0 Å². The van der Waals surface area contributed by atoms with E-state index in [0.29, 0.717) is 11.6 Å². The summed E-state index contributed by atoms with van der Waals surface area (Å²) in [4.78, 5) is 11.9. The standard InChI is InChI=1S/C12H20N4O.ClH/c1-9-7-11(16(2)15-9)12(17)14-6-4-10-3-5-13-8-10;/h7,10,13H,3-6,8H2,1-2H3,(H,14,17);1H. The van der Waals surface area contributed by atoms with Crippen LogP contribution in [-0.2, 0) is 7.05 Å². The summed E-state index contributed by atoms with van der Waals surface area (Å²) in [6, 6.07) is 1.81. The van der Waals surface area contributed by atoms with Gasteiger partial charge in [0.1, 0.15) is 5.69 Å². The van der Waals surface area contributed by atoms with Gasteiger partial charge in [0.05, 0.1) is 5.69 Å². The summed E-state index contributed by atoms with van der Waals surface area (Å²) in [6.45, 7) is 4.83. The summed E-state index contributed by atoms with van der Waals surface area (Å²) in [6.07, 6.45) is 2.27. The number of hydrogen-bond donors (Lipinski definition) is 2. The number of nitrogens with one attached hydrogen (secondary N) is 2. The number of amides is 1. The van der Waals surface area contributed by atoms with Crippen LogP contribution in [0.15, 0.2) is 6.07 Å². The van der Waals surface area contributed by atoms with Gasteiger partial charge in [0.15, 0.2) is 0 Å². The summed E-state index contributed by atoms with van der Waals surface area (Å²) >= 11 is 0. The van der Waals surface area contributed by atoms with Crippen LogP contribution in [0.2, 0.25) is 0 Å². The molecule has 0 aromatic carbocycles. The predicted molar refractivity (Wildman–Crippen MR) is 73.1 cm³/mol. The molecule has 0 saturated carbocycles. The van der Waals surface area contributed by atoms with E-state index in [4.69, 9.17) is 0 Å². The van der Waals surface area contributed by atoms with Crippen molar-refractivity contribution in [3.8, 4) is 0 Å². The van der Waals surface area contributed by atoms with Crippen molar-refractivity contribution in [1.29, 1.82) is 0 Å². The van der Waals surface area contributed by atoms with Crippen LogP contribution in [0.4, 0.5) is 0 Å². The van der Waals surface area contributed by atoms with Crippen molar-refractivity contribution >= 4 is 18.3 Å². The van der Waals surface area contributed by atoms with E-state index in [-0.39, 0.29) is 18.3 Å². The SMILES string of the molecule is Cc1cc(C(=O)NCCC2CCNC2)n(C)n1.Cl. The van der Waals surface area contributed by atoms with Crippen LogP contribution >= 0.6 is 12.4 Å². The Morgan fingerprint density at radius 3 is 3.00 bits per heavy atom. The van der Waals surface area contributed by atoms with Gasteiger partial charge in [-0.15, -0.1) is 12.4 Å². The first-order chi connectivity index (χ1) is 8.16. The molecule has 0 aliphatic carbocycles. The minimum Gasteiger partial charge on any atom is -0.351 e. The molecule has 18 heavy (non-hydrogen) atoms. The average Bonchev–Trinajstić information content (AvgIpc) is 2.88. The smallest absolute Gasteiger partial charge is 0.269 e. The Hall–Kier alpha value is -1.07. The molecule has 2 heterocycles. The van der Waals surface area contributed by atoms with Gasteiger partial charge in [-0.3, -0.25) is 9.48 Å². The summed E-state index contributed by atoms with van der Waals surface area (Å²) < 4.78 is 1.63. The maximum absolute atomic E-state index is 11.9. The molecule has 1 aromatic rings. The van der Waals surface area contributed by atoms with Crippen LogP contribution in [-0.4, -0.2) is 35.3 Å². The Labute approximate surface area is 114 Å². The molecule has 102 valence electrons. The molecule has 1 aliphatic rings. The minimum absolute atomic E-state index is 0.